The number of carbonyl (C=O) groups excluding carboxylic acids is 1. The number of piperidine rings is 1. The molecule has 2 heterocycles. The molecule has 0 spiro atoms. The first kappa shape index (κ1) is 18.4. The van der Waals surface area contributed by atoms with Gasteiger partial charge in [-0.25, -0.2) is 0 Å². The number of ether oxygens (including phenoxy) is 2. The van der Waals surface area contributed by atoms with Crippen LogP contribution in [0.2, 0.25) is 0 Å². The highest BCUT2D eigenvalue weighted by Gasteiger charge is 2.27. The van der Waals surface area contributed by atoms with E-state index in [1.165, 1.54) is 16.5 Å². The van der Waals surface area contributed by atoms with Crippen LogP contribution < -0.4 is 9.47 Å². The SMILES string of the molecule is COc1cc(C(=O)N2CCC(c3c[nH]c4ccccc34)CC2)cc(OC)c1C. The summed E-state index contributed by atoms with van der Waals surface area (Å²) in [5, 5.41) is 1.29. The Balaban J connectivity index is 1.50. The lowest BCUT2D eigenvalue weighted by Gasteiger charge is -2.32. The highest BCUT2D eigenvalue weighted by atomic mass is 16.5. The third kappa shape index (κ3) is 3.21. The number of H-pyrrole nitrogens is 1. The van der Waals surface area contributed by atoms with Crippen molar-refractivity contribution in [3.63, 3.8) is 0 Å². The second kappa shape index (κ2) is 7.58. The fraction of sp³-hybridized carbons (Fsp3) is 0.348. The smallest absolute Gasteiger partial charge is 0.254 e. The molecule has 2 aromatic carbocycles. The van der Waals surface area contributed by atoms with Crippen molar-refractivity contribution in [1.82, 2.24) is 9.88 Å². The van der Waals surface area contributed by atoms with Crippen LogP contribution in [-0.4, -0.2) is 43.1 Å². The number of likely N-dealkylation sites (tertiary alicyclic amines) is 1. The Kier molecular flexibility index (Phi) is 4.99. The summed E-state index contributed by atoms with van der Waals surface area (Å²) in [6, 6.07) is 12.0. The Labute approximate surface area is 165 Å². The summed E-state index contributed by atoms with van der Waals surface area (Å²) in [4.78, 5) is 18.4. The molecule has 1 aliphatic rings. The van der Waals surface area contributed by atoms with E-state index in [1.807, 2.05) is 30.0 Å². The first-order valence-electron chi connectivity index (χ1n) is 9.70. The van der Waals surface area contributed by atoms with Gasteiger partial charge in [0.2, 0.25) is 0 Å². The van der Waals surface area contributed by atoms with Crippen molar-refractivity contribution >= 4 is 16.8 Å². The number of rotatable bonds is 4. The van der Waals surface area contributed by atoms with Gasteiger partial charge in [0.05, 0.1) is 14.2 Å². The highest BCUT2D eigenvalue weighted by molar-refractivity contribution is 5.95. The molecule has 0 atom stereocenters. The van der Waals surface area contributed by atoms with Crippen molar-refractivity contribution in [2.24, 2.45) is 0 Å². The minimum atomic E-state index is 0.0361. The van der Waals surface area contributed by atoms with Gasteiger partial charge in [0.25, 0.3) is 5.91 Å². The Hall–Kier alpha value is -2.95. The molecular formula is C23H26N2O3. The molecule has 1 N–H and O–H groups in total. The van der Waals surface area contributed by atoms with Crippen LogP contribution in [-0.2, 0) is 0 Å². The summed E-state index contributed by atoms with van der Waals surface area (Å²) >= 11 is 0. The van der Waals surface area contributed by atoms with E-state index in [2.05, 4.69) is 29.4 Å². The molecule has 1 saturated heterocycles. The average molecular weight is 378 g/mol. The van der Waals surface area contributed by atoms with Crippen molar-refractivity contribution in [1.29, 1.82) is 0 Å². The van der Waals surface area contributed by atoms with Crippen LogP contribution in [0.25, 0.3) is 10.9 Å². The first-order chi connectivity index (χ1) is 13.6. The second-order valence-corrected chi connectivity index (χ2v) is 7.36. The van der Waals surface area contributed by atoms with Gasteiger partial charge in [0.1, 0.15) is 11.5 Å². The van der Waals surface area contributed by atoms with Crippen molar-refractivity contribution in [2.75, 3.05) is 27.3 Å². The van der Waals surface area contributed by atoms with Crippen LogP contribution in [0.1, 0.15) is 40.2 Å². The van der Waals surface area contributed by atoms with E-state index < -0.39 is 0 Å². The lowest BCUT2D eigenvalue weighted by molar-refractivity contribution is 0.0712. The summed E-state index contributed by atoms with van der Waals surface area (Å²) in [5.41, 5.74) is 4.06. The number of amides is 1. The van der Waals surface area contributed by atoms with Gasteiger partial charge in [-0.3, -0.25) is 4.79 Å². The van der Waals surface area contributed by atoms with Gasteiger partial charge in [0.15, 0.2) is 0 Å². The minimum Gasteiger partial charge on any atom is -0.496 e. The molecule has 0 bridgehead atoms. The number of methoxy groups -OCH3 is 2. The third-order valence-corrected chi connectivity index (χ3v) is 5.84. The number of hydrogen-bond donors (Lipinski definition) is 1. The maximum absolute atomic E-state index is 13.1. The van der Waals surface area contributed by atoms with Crippen molar-refractivity contribution in [2.45, 2.75) is 25.7 Å². The van der Waals surface area contributed by atoms with E-state index in [4.69, 9.17) is 9.47 Å². The average Bonchev–Trinajstić information content (AvgIpc) is 3.17. The molecule has 4 rings (SSSR count). The molecule has 1 aromatic heterocycles. The zero-order chi connectivity index (χ0) is 19.7. The predicted octanol–water partition coefficient (Wildman–Crippen LogP) is 4.51. The van der Waals surface area contributed by atoms with E-state index in [9.17, 15) is 4.79 Å². The largest absolute Gasteiger partial charge is 0.496 e. The number of benzene rings is 2. The quantitative estimate of drug-likeness (QED) is 0.727. The highest BCUT2D eigenvalue weighted by Crippen LogP contribution is 2.34. The van der Waals surface area contributed by atoms with E-state index in [0.29, 0.717) is 23.0 Å². The van der Waals surface area contributed by atoms with Crippen LogP contribution in [0, 0.1) is 6.92 Å². The molecule has 1 aliphatic heterocycles. The molecule has 146 valence electrons. The summed E-state index contributed by atoms with van der Waals surface area (Å²) in [7, 11) is 3.23. The number of aromatic nitrogens is 1. The van der Waals surface area contributed by atoms with Crippen molar-refractivity contribution < 1.29 is 14.3 Å². The Morgan fingerprint density at radius 3 is 2.36 bits per heavy atom. The van der Waals surface area contributed by atoms with E-state index in [1.54, 1.807) is 14.2 Å². The molecule has 0 radical (unpaired) electrons. The van der Waals surface area contributed by atoms with Gasteiger partial charge in [-0.15, -0.1) is 0 Å². The van der Waals surface area contributed by atoms with Crippen molar-refractivity contribution in [3.05, 3.63) is 59.3 Å². The van der Waals surface area contributed by atoms with Crippen molar-refractivity contribution in [3.8, 4) is 11.5 Å². The van der Waals surface area contributed by atoms with E-state index in [0.717, 1.165) is 31.5 Å². The standard InChI is InChI=1S/C23H26N2O3/c1-15-21(27-2)12-17(13-22(15)28-3)23(26)25-10-8-16(9-11-25)19-14-24-20-7-5-4-6-18(19)20/h4-7,12-14,16,24H,8-11H2,1-3H3. The maximum atomic E-state index is 13.1. The summed E-state index contributed by atoms with van der Waals surface area (Å²) in [6.07, 6.45) is 4.06. The minimum absolute atomic E-state index is 0.0361. The Morgan fingerprint density at radius 2 is 1.71 bits per heavy atom. The van der Waals surface area contributed by atoms with Gasteiger partial charge in [0, 0.05) is 41.3 Å². The maximum Gasteiger partial charge on any atom is 0.254 e. The molecule has 1 amide bonds. The Bertz CT molecular complexity index is 975. The van der Waals surface area contributed by atoms with Gasteiger partial charge in [-0.05, 0) is 49.4 Å². The molecule has 0 saturated carbocycles. The lowest BCUT2D eigenvalue weighted by atomic mass is 9.89. The van der Waals surface area contributed by atoms with Gasteiger partial charge >= 0.3 is 0 Å². The molecule has 5 heteroatoms. The van der Waals surface area contributed by atoms with E-state index in [-0.39, 0.29) is 5.91 Å². The monoisotopic (exact) mass is 378 g/mol. The van der Waals surface area contributed by atoms with Crippen LogP contribution in [0.15, 0.2) is 42.6 Å². The Morgan fingerprint density at radius 1 is 1.07 bits per heavy atom. The summed E-state index contributed by atoms with van der Waals surface area (Å²) in [6.45, 7) is 3.43. The normalized spacial score (nSPS) is 15.0. The topological polar surface area (TPSA) is 54.6 Å². The number of hydrogen-bond acceptors (Lipinski definition) is 3. The summed E-state index contributed by atoms with van der Waals surface area (Å²) < 4.78 is 10.8. The molecule has 28 heavy (non-hydrogen) atoms. The number of fused-ring (bicyclic) bond motifs is 1. The zero-order valence-corrected chi connectivity index (χ0v) is 16.6. The first-order valence-corrected chi connectivity index (χ1v) is 9.70. The summed E-state index contributed by atoms with van der Waals surface area (Å²) in [5.74, 6) is 1.86. The molecule has 5 nitrogen and oxygen atoms in total. The number of aromatic amines is 1. The van der Waals surface area contributed by atoms with Crippen LogP contribution in [0.4, 0.5) is 0 Å². The van der Waals surface area contributed by atoms with E-state index >= 15 is 0 Å². The number of para-hydroxylation sites is 1. The van der Waals surface area contributed by atoms with Crippen LogP contribution in [0.3, 0.4) is 0 Å². The fourth-order valence-corrected chi connectivity index (χ4v) is 4.22. The molecule has 0 unspecified atom stereocenters. The van der Waals surface area contributed by atoms with Gasteiger partial charge in [-0.2, -0.15) is 0 Å². The molecule has 3 aromatic rings. The number of nitrogens with one attached hydrogen (secondary N) is 1. The van der Waals surface area contributed by atoms with Crippen LogP contribution >= 0.6 is 0 Å². The van der Waals surface area contributed by atoms with Gasteiger partial charge in [-0.1, -0.05) is 18.2 Å². The zero-order valence-electron chi connectivity index (χ0n) is 16.6. The fourth-order valence-electron chi connectivity index (χ4n) is 4.22. The molecule has 0 aliphatic carbocycles. The number of carbonyl (C=O) groups is 1. The van der Waals surface area contributed by atoms with Gasteiger partial charge < -0.3 is 19.4 Å². The third-order valence-electron chi connectivity index (χ3n) is 5.84. The lowest BCUT2D eigenvalue weighted by Crippen LogP contribution is -2.37. The second-order valence-electron chi connectivity index (χ2n) is 7.36. The number of nitrogens with zero attached hydrogens (tertiary/aromatic N) is 1. The molecular weight excluding hydrogens is 352 g/mol. The van der Waals surface area contributed by atoms with Crippen LogP contribution in [0.5, 0.6) is 11.5 Å². The predicted molar refractivity (Wildman–Crippen MR) is 110 cm³/mol. The molecule has 1 fully saturated rings.